The van der Waals surface area contributed by atoms with Crippen molar-refractivity contribution >= 4 is 5.69 Å². The number of aromatic nitrogens is 3. The first-order chi connectivity index (χ1) is 7.10. The molecule has 1 heterocycles. The van der Waals surface area contributed by atoms with Crippen molar-refractivity contribution in [3.05, 3.63) is 42.0 Å². The first-order valence-corrected chi connectivity index (χ1v) is 4.82. The SMILES string of the molecule is CC(C)(c1ccc(N)cc1)c1ncn[nH]1. The summed E-state index contributed by atoms with van der Waals surface area (Å²) in [4.78, 5) is 4.19. The van der Waals surface area contributed by atoms with Gasteiger partial charge in [-0.15, -0.1) is 0 Å². The molecule has 0 spiro atoms. The van der Waals surface area contributed by atoms with E-state index in [1.165, 1.54) is 6.33 Å². The molecule has 78 valence electrons. The van der Waals surface area contributed by atoms with Gasteiger partial charge in [-0.05, 0) is 31.5 Å². The normalized spacial score (nSPS) is 11.6. The molecule has 15 heavy (non-hydrogen) atoms. The van der Waals surface area contributed by atoms with Crippen molar-refractivity contribution in [1.29, 1.82) is 0 Å². The van der Waals surface area contributed by atoms with E-state index in [2.05, 4.69) is 29.0 Å². The van der Waals surface area contributed by atoms with Gasteiger partial charge in [0.05, 0.1) is 0 Å². The fourth-order valence-corrected chi connectivity index (χ4v) is 1.54. The minimum atomic E-state index is -0.176. The summed E-state index contributed by atoms with van der Waals surface area (Å²) in [5.74, 6) is 0.854. The van der Waals surface area contributed by atoms with Crippen LogP contribution in [0.4, 0.5) is 5.69 Å². The molecule has 0 saturated heterocycles. The van der Waals surface area contributed by atoms with E-state index in [1.807, 2.05) is 24.3 Å². The van der Waals surface area contributed by atoms with Crippen molar-refractivity contribution in [3.63, 3.8) is 0 Å². The zero-order valence-electron chi connectivity index (χ0n) is 8.86. The number of anilines is 1. The second kappa shape index (κ2) is 3.38. The van der Waals surface area contributed by atoms with Crippen molar-refractivity contribution in [2.45, 2.75) is 19.3 Å². The molecule has 1 aromatic heterocycles. The first-order valence-electron chi connectivity index (χ1n) is 4.82. The van der Waals surface area contributed by atoms with Crippen LogP contribution in [-0.4, -0.2) is 15.2 Å². The van der Waals surface area contributed by atoms with Gasteiger partial charge < -0.3 is 5.73 Å². The predicted molar refractivity (Wildman–Crippen MR) is 59.4 cm³/mol. The summed E-state index contributed by atoms with van der Waals surface area (Å²) in [6, 6.07) is 7.82. The summed E-state index contributed by atoms with van der Waals surface area (Å²) in [7, 11) is 0. The maximum Gasteiger partial charge on any atom is 0.137 e. The monoisotopic (exact) mass is 202 g/mol. The molecule has 0 unspecified atom stereocenters. The number of hydrogen-bond acceptors (Lipinski definition) is 3. The lowest BCUT2D eigenvalue weighted by Crippen LogP contribution is -2.20. The Hall–Kier alpha value is -1.84. The molecular formula is C11H14N4. The number of benzene rings is 1. The number of aromatic amines is 1. The number of nitrogens with one attached hydrogen (secondary N) is 1. The van der Waals surface area contributed by atoms with Gasteiger partial charge in [0.15, 0.2) is 0 Å². The fourth-order valence-electron chi connectivity index (χ4n) is 1.54. The summed E-state index contributed by atoms with van der Waals surface area (Å²) in [6.07, 6.45) is 1.52. The van der Waals surface area contributed by atoms with Crippen LogP contribution in [0.1, 0.15) is 25.2 Å². The Morgan fingerprint density at radius 3 is 2.40 bits per heavy atom. The van der Waals surface area contributed by atoms with Crippen LogP contribution in [0, 0.1) is 0 Å². The second-order valence-electron chi connectivity index (χ2n) is 4.08. The van der Waals surface area contributed by atoms with Crippen LogP contribution in [0.15, 0.2) is 30.6 Å². The van der Waals surface area contributed by atoms with Gasteiger partial charge in [0.25, 0.3) is 0 Å². The topological polar surface area (TPSA) is 67.6 Å². The number of H-pyrrole nitrogens is 1. The Morgan fingerprint density at radius 2 is 1.87 bits per heavy atom. The highest BCUT2D eigenvalue weighted by Gasteiger charge is 2.25. The number of nitrogens with two attached hydrogens (primary N) is 1. The standard InChI is InChI=1S/C11H14N4/c1-11(2,10-13-7-14-15-10)8-3-5-9(12)6-4-8/h3-7H,12H2,1-2H3,(H,13,14,15). The van der Waals surface area contributed by atoms with Crippen molar-refractivity contribution in [1.82, 2.24) is 15.2 Å². The van der Waals surface area contributed by atoms with Crippen LogP contribution < -0.4 is 5.73 Å². The number of nitrogen functional groups attached to an aromatic ring is 1. The van der Waals surface area contributed by atoms with E-state index in [1.54, 1.807) is 0 Å². The fraction of sp³-hybridized carbons (Fsp3) is 0.273. The molecule has 0 bridgehead atoms. The Morgan fingerprint density at radius 1 is 1.20 bits per heavy atom. The van der Waals surface area contributed by atoms with E-state index < -0.39 is 0 Å². The summed E-state index contributed by atoms with van der Waals surface area (Å²) >= 11 is 0. The molecule has 0 radical (unpaired) electrons. The van der Waals surface area contributed by atoms with Crippen molar-refractivity contribution in [2.75, 3.05) is 5.73 Å². The van der Waals surface area contributed by atoms with Crippen LogP contribution in [0.25, 0.3) is 0 Å². The average molecular weight is 202 g/mol. The minimum Gasteiger partial charge on any atom is -0.399 e. The molecule has 1 aromatic carbocycles. The highest BCUT2D eigenvalue weighted by Crippen LogP contribution is 2.28. The van der Waals surface area contributed by atoms with E-state index in [9.17, 15) is 0 Å². The van der Waals surface area contributed by atoms with Gasteiger partial charge in [-0.2, -0.15) is 5.10 Å². The summed E-state index contributed by atoms with van der Waals surface area (Å²) in [5, 5.41) is 6.77. The molecule has 4 heteroatoms. The Bertz CT molecular complexity index is 428. The van der Waals surface area contributed by atoms with Crippen LogP contribution in [-0.2, 0) is 5.41 Å². The minimum absolute atomic E-state index is 0.176. The van der Waals surface area contributed by atoms with Gasteiger partial charge in [0.1, 0.15) is 12.2 Å². The molecule has 0 aliphatic heterocycles. The summed E-state index contributed by atoms with van der Waals surface area (Å²) < 4.78 is 0. The summed E-state index contributed by atoms with van der Waals surface area (Å²) in [6.45, 7) is 4.19. The average Bonchev–Trinajstić information content (AvgIpc) is 2.71. The van der Waals surface area contributed by atoms with Crippen molar-refractivity contribution in [2.24, 2.45) is 0 Å². The highest BCUT2D eigenvalue weighted by atomic mass is 15.2. The molecule has 0 amide bonds. The maximum atomic E-state index is 5.65. The smallest absolute Gasteiger partial charge is 0.137 e. The maximum absolute atomic E-state index is 5.65. The lowest BCUT2D eigenvalue weighted by atomic mass is 9.84. The van der Waals surface area contributed by atoms with E-state index in [4.69, 9.17) is 5.73 Å². The Labute approximate surface area is 88.5 Å². The molecular weight excluding hydrogens is 188 g/mol. The van der Waals surface area contributed by atoms with Crippen LogP contribution in [0.5, 0.6) is 0 Å². The van der Waals surface area contributed by atoms with Gasteiger partial charge in [-0.25, -0.2) is 4.98 Å². The van der Waals surface area contributed by atoms with Crippen LogP contribution in [0.3, 0.4) is 0 Å². The molecule has 0 atom stereocenters. The zero-order valence-corrected chi connectivity index (χ0v) is 8.86. The van der Waals surface area contributed by atoms with Gasteiger partial charge in [-0.3, -0.25) is 5.10 Å². The molecule has 0 aliphatic rings. The quantitative estimate of drug-likeness (QED) is 0.728. The van der Waals surface area contributed by atoms with E-state index in [0.717, 1.165) is 17.1 Å². The lowest BCUT2D eigenvalue weighted by molar-refractivity contribution is 0.593. The summed E-state index contributed by atoms with van der Waals surface area (Å²) in [5.41, 5.74) is 7.41. The van der Waals surface area contributed by atoms with E-state index in [0.29, 0.717) is 0 Å². The number of rotatable bonds is 2. The van der Waals surface area contributed by atoms with Crippen molar-refractivity contribution in [3.8, 4) is 0 Å². The third kappa shape index (κ3) is 1.70. The Balaban J connectivity index is 2.41. The molecule has 0 saturated carbocycles. The largest absolute Gasteiger partial charge is 0.399 e. The highest BCUT2D eigenvalue weighted by molar-refractivity contribution is 5.42. The predicted octanol–water partition coefficient (Wildman–Crippen LogP) is 1.71. The molecule has 0 aliphatic carbocycles. The second-order valence-corrected chi connectivity index (χ2v) is 4.08. The lowest BCUT2D eigenvalue weighted by Gasteiger charge is -2.22. The zero-order chi connectivity index (χ0) is 10.9. The van der Waals surface area contributed by atoms with Gasteiger partial charge in [0.2, 0.25) is 0 Å². The van der Waals surface area contributed by atoms with Gasteiger partial charge in [-0.1, -0.05) is 12.1 Å². The molecule has 3 N–H and O–H groups in total. The molecule has 0 fully saturated rings. The molecule has 2 rings (SSSR count). The molecule has 4 nitrogen and oxygen atoms in total. The first kappa shape index (κ1) is 9.71. The Kier molecular flexibility index (Phi) is 2.19. The van der Waals surface area contributed by atoms with E-state index in [-0.39, 0.29) is 5.41 Å². The van der Waals surface area contributed by atoms with Gasteiger partial charge >= 0.3 is 0 Å². The van der Waals surface area contributed by atoms with Crippen LogP contribution >= 0.6 is 0 Å². The van der Waals surface area contributed by atoms with Crippen molar-refractivity contribution < 1.29 is 0 Å². The van der Waals surface area contributed by atoms with Gasteiger partial charge in [0, 0.05) is 11.1 Å². The third-order valence-corrected chi connectivity index (χ3v) is 2.64. The van der Waals surface area contributed by atoms with E-state index >= 15 is 0 Å². The third-order valence-electron chi connectivity index (χ3n) is 2.64. The molecule has 2 aromatic rings. The van der Waals surface area contributed by atoms with Crippen LogP contribution in [0.2, 0.25) is 0 Å². The number of hydrogen-bond donors (Lipinski definition) is 2. The number of nitrogens with zero attached hydrogens (tertiary/aromatic N) is 2.